The van der Waals surface area contributed by atoms with Crippen LogP contribution in [0.3, 0.4) is 0 Å². The van der Waals surface area contributed by atoms with Crippen molar-refractivity contribution >= 4 is 24.0 Å². The topological polar surface area (TPSA) is 64.3 Å². The van der Waals surface area contributed by atoms with Gasteiger partial charge < -0.3 is 15.8 Å². The third-order valence-electron chi connectivity index (χ3n) is 3.46. The molecule has 5 heteroatoms. The summed E-state index contributed by atoms with van der Waals surface area (Å²) in [6.45, 7) is 0. The summed E-state index contributed by atoms with van der Waals surface area (Å²) in [6.07, 6.45) is 4.92. The van der Waals surface area contributed by atoms with E-state index in [1.54, 1.807) is 37.5 Å². The maximum atomic E-state index is 11.9. The molecule has 0 heterocycles. The van der Waals surface area contributed by atoms with E-state index < -0.39 is 0 Å². The van der Waals surface area contributed by atoms with E-state index in [1.807, 2.05) is 18.2 Å². The van der Waals surface area contributed by atoms with E-state index in [4.69, 9.17) is 10.5 Å². The molecule has 3 N–H and O–H groups in total. The van der Waals surface area contributed by atoms with Crippen LogP contribution >= 0.6 is 12.4 Å². The fourth-order valence-electron chi connectivity index (χ4n) is 2.14. The standard InChI is InChI=1S/C19H22N2O2.ClH/c1-23-18-12-10-17(11-13-18)21-19(22)14-9-16(20)8-7-15-5-3-2-4-6-15;/h2-6,9-14,16H,7-8,20H2,1H3,(H,21,22);1H/b14-9+;/t16-;/m0./s1. The van der Waals surface area contributed by atoms with E-state index >= 15 is 0 Å². The van der Waals surface area contributed by atoms with Crippen molar-refractivity contribution in [3.05, 3.63) is 72.3 Å². The summed E-state index contributed by atoms with van der Waals surface area (Å²) < 4.78 is 5.07. The minimum atomic E-state index is -0.190. The number of aryl methyl sites for hydroxylation is 1. The summed E-state index contributed by atoms with van der Waals surface area (Å²) in [5, 5.41) is 2.79. The van der Waals surface area contributed by atoms with E-state index in [-0.39, 0.29) is 24.4 Å². The van der Waals surface area contributed by atoms with Gasteiger partial charge in [-0.15, -0.1) is 12.4 Å². The number of carbonyl (C=O) groups is 1. The SMILES string of the molecule is COc1ccc(NC(=O)/C=C/[C@@H](N)CCc2ccccc2)cc1.Cl. The van der Waals surface area contributed by atoms with Crippen molar-refractivity contribution in [1.82, 2.24) is 0 Å². The first kappa shape index (κ1) is 19.7. The van der Waals surface area contributed by atoms with Gasteiger partial charge in [-0.1, -0.05) is 36.4 Å². The average Bonchev–Trinajstić information content (AvgIpc) is 2.60. The zero-order valence-corrected chi connectivity index (χ0v) is 14.5. The van der Waals surface area contributed by atoms with E-state index in [9.17, 15) is 4.79 Å². The Labute approximate surface area is 149 Å². The molecule has 0 spiro atoms. The van der Waals surface area contributed by atoms with Gasteiger partial charge in [0.2, 0.25) is 5.91 Å². The number of hydrogen-bond acceptors (Lipinski definition) is 3. The van der Waals surface area contributed by atoms with E-state index in [1.165, 1.54) is 11.6 Å². The molecule has 0 fully saturated rings. The lowest BCUT2D eigenvalue weighted by Crippen LogP contribution is -2.19. The van der Waals surface area contributed by atoms with Crippen LogP contribution in [0.5, 0.6) is 5.75 Å². The smallest absolute Gasteiger partial charge is 0.248 e. The summed E-state index contributed by atoms with van der Waals surface area (Å²) in [5.41, 5.74) is 7.99. The Kier molecular flexibility index (Phi) is 8.61. The van der Waals surface area contributed by atoms with Gasteiger partial charge in [0.15, 0.2) is 0 Å². The van der Waals surface area contributed by atoms with E-state index in [2.05, 4.69) is 17.4 Å². The number of halogens is 1. The highest BCUT2D eigenvalue weighted by molar-refractivity contribution is 5.99. The Bertz CT molecular complexity index is 642. The summed E-state index contributed by atoms with van der Waals surface area (Å²) in [4.78, 5) is 11.9. The van der Waals surface area contributed by atoms with Gasteiger partial charge >= 0.3 is 0 Å². The highest BCUT2D eigenvalue weighted by atomic mass is 35.5. The van der Waals surface area contributed by atoms with Crippen LogP contribution in [-0.2, 0) is 11.2 Å². The second kappa shape index (κ2) is 10.5. The number of carbonyl (C=O) groups excluding carboxylic acids is 1. The normalized spacial score (nSPS) is 11.6. The van der Waals surface area contributed by atoms with Gasteiger partial charge in [0, 0.05) is 17.8 Å². The largest absolute Gasteiger partial charge is 0.497 e. The van der Waals surface area contributed by atoms with Gasteiger partial charge in [-0.25, -0.2) is 0 Å². The molecule has 24 heavy (non-hydrogen) atoms. The van der Waals surface area contributed by atoms with Crippen LogP contribution in [0.25, 0.3) is 0 Å². The first-order chi connectivity index (χ1) is 11.2. The lowest BCUT2D eigenvalue weighted by atomic mass is 10.1. The zero-order valence-electron chi connectivity index (χ0n) is 13.6. The molecule has 2 rings (SSSR count). The van der Waals surface area contributed by atoms with Crippen LogP contribution in [0.2, 0.25) is 0 Å². The van der Waals surface area contributed by atoms with Gasteiger partial charge in [0.05, 0.1) is 7.11 Å². The van der Waals surface area contributed by atoms with E-state index in [0.717, 1.165) is 24.3 Å². The van der Waals surface area contributed by atoms with Gasteiger partial charge in [-0.05, 0) is 42.7 Å². The molecule has 2 aromatic carbocycles. The van der Waals surface area contributed by atoms with Crippen molar-refractivity contribution < 1.29 is 9.53 Å². The Balaban J connectivity index is 0.00000288. The molecule has 0 aliphatic carbocycles. The zero-order chi connectivity index (χ0) is 16.5. The number of hydrogen-bond donors (Lipinski definition) is 2. The molecule has 0 saturated heterocycles. The monoisotopic (exact) mass is 346 g/mol. The Hall–Kier alpha value is -2.30. The van der Waals surface area contributed by atoms with Gasteiger partial charge in [0.25, 0.3) is 0 Å². The molecule has 1 amide bonds. The van der Waals surface area contributed by atoms with Crippen LogP contribution in [0, 0.1) is 0 Å². The molecule has 0 unspecified atom stereocenters. The number of nitrogens with two attached hydrogens (primary N) is 1. The molecule has 4 nitrogen and oxygen atoms in total. The van der Waals surface area contributed by atoms with E-state index in [0.29, 0.717) is 0 Å². The number of nitrogens with one attached hydrogen (secondary N) is 1. The average molecular weight is 347 g/mol. The first-order valence-electron chi connectivity index (χ1n) is 7.60. The Morgan fingerprint density at radius 3 is 2.46 bits per heavy atom. The van der Waals surface area contributed by atoms with Gasteiger partial charge in [-0.2, -0.15) is 0 Å². The van der Waals surface area contributed by atoms with Crippen molar-refractivity contribution in [1.29, 1.82) is 0 Å². The molecular weight excluding hydrogens is 324 g/mol. The summed E-state index contributed by atoms with van der Waals surface area (Å²) >= 11 is 0. The van der Waals surface area contributed by atoms with Crippen LogP contribution in [0.4, 0.5) is 5.69 Å². The maximum Gasteiger partial charge on any atom is 0.248 e. The van der Waals surface area contributed by atoms with Crippen LogP contribution in [-0.4, -0.2) is 19.1 Å². The van der Waals surface area contributed by atoms with Crippen molar-refractivity contribution in [2.45, 2.75) is 18.9 Å². The Morgan fingerprint density at radius 1 is 1.17 bits per heavy atom. The third-order valence-corrected chi connectivity index (χ3v) is 3.46. The maximum absolute atomic E-state index is 11.9. The third kappa shape index (κ3) is 6.86. The minimum Gasteiger partial charge on any atom is -0.497 e. The number of anilines is 1. The predicted octanol–water partition coefficient (Wildman–Crippen LogP) is 3.57. The molecule has 0 bridgehead atoms. The second-order valence-electron chi connectivity index (χ2n) is 5.26. The summed E-state index contributed by atoms with van der Waals surface area (Å²) in [6, 6.07) is 17.2. The molecule has 0 saturated carbocycles. The van der Waals surface area contributed by atoms with Crippen molar-refractivity contribution in [3.63, 3.8) is 0 Å². The fraction of sp³-hybridized carbons (Fsp3) is 0.211. The van der Waals surface area contributed by atoms with Crippen LogP contribution in [0.1, 0.15) is 12.0 Å². The van der Waals surface area contributed by atoms with Crippen molar-refractivity contribution in [3.8, 4) is 5.75 Å². The lowest BCUT2D eigenvalue weighted by molar-refractivity contribution is -0.111. The van der Waals surface area contributed by atoms with Crippen molar-refractivity contribution in [2.24, 2.45) is 5.73 Å². The number of methoxy groups -OCH3 is 1. The number of ether oxygens (including phenoxy) is 1. The molecule has 0 aromatic heterocycles. The van der Waals surface area contributed by atoms with Gasteiger partial charge in [-0.3, -0.25) is 4.79 Å². The highest BCUT2D eigenvalue weighted by Crippen LogP contribution is 2.14. The molecule has 2 aromatic rings. The molecule has 1 atom stereocenters. The highest BCUT2D eigenvalue weighted by Gasteiger charge is 2.02. The number of rotatable bonds is 7. The summed E-state index contributed by atoms with van der Waals surface area (Å²) in [5.74, 6) is 0.562. The van der Waals surface area contributed by atoms with Gasteiger partial charge in [0.1, 0.15) is 5.75 Å². The molecule has 0 radical (unpaired) electrons. The van der Waals surface area contributed by atoms with Crippen LogP contribution in [0.15, 0.2) is 66.7 Å². The molecule has 128 valence electrons. The lowest BCUT2D eigenvalue weighted by Gasteiger charge is -2.07. The minimum absolute atomic E-state index is 0. The Morgan fingerprint density at radius 2 is 1.83 bits per heavy atom. The first-order valence-corrected chi connectivity index (χ1v) is 7.60. The summed E-state index contributed by atoms with van der Waals surface area (Å²) in [7, 11) is 1.60. The van der Waals surface area contributed by atoms with Crippen molar-refractivity contribution in [2.75, 3.05) is 12.4 Å². The fourth-order valence-corrected chi connectivity index (χ4v) is 2.14. The van der Waals surface area contributed by atoms with Crippen LogP contribution < -0.4 is 15.8 Å². The molecule has 0 aliphatic heterocycles. The molecular formula is C19H23ClN2O2. The number of benzene rings is 2. The second-order valence-corrected chi connectivity index (χ2v) is 5.26. The predicted molar refractivity (Wildman–Crippen MR) is 101 cm³/mol. The number of amides is 1. The quantitative estimate of drug-likeness (QED) is 0.753. The molecule has 0 aliphatic rings.